The molecule has 5 heteroatoms. The van der Waals surface area contributed by atoms with Crippen molar-refractivity contribution in [2.45, 2.75) is 0 Å². The molecule has 0 atom stereocenters. The van der Waals surface area contributed by atoms with Crippen LogP contribution in [0, 0.1) is 5.82 Å². The normalized spacial score (nSPS) is 11.7. The second kappa shape index (κ2) is 6.20. The van der Waals surface area contributed by atoms with Gasteiger partial charge in [-0.25, -0.2) is 9.07 Å². The van der Waals surface area contributed by atoms with E-state index in [2.05, 4.69) is 11.7 Å². The first-order chi connectivity index (χ1) is 11.5. The monoisotopic (exact) mass is 323 g/mol. The minimum atomic E-state index is -0.346. The Bertz CT molecular complexity index is 1010. The summed E-state index contributed by atoms with van der Waals surface area (Å²) in [6.45, 7) is 3.90. The van der Waals surface area contributed by atoms with E-state index >= 15 is 0 Å². The average Bonchev–Trinajstić information content (AvgIpc) is 2.84. The quantitative estimate of drug-likeness (QED) is 0.796. The van der Waals surface area contributed by atoms with Gasteiger partial charge in [0.25, 0.3) is 5.56 Å². The number of aromatic amines is 1. The molecule has 3 aromatic rings. The molecule has 0 radical (unpaired) electrons. The molecule has 0 saturated carbocycles. The molecule has 4 nitrogen and oxygen atoms in total. The summed E-state index contributed by atoms with van der Waals surface area (Å²) in [5.41, 5.74) is 2.34. The second-order valence-electron chi connectivity index (χ2n) is 5.75. The van der Waals surface area contributed by atoms with Crippen LogP contribution < -0.4 is 21.0 Å². The maximum Gasteiger partial charge on any atom is 0.279 e. The van der Waals surface area contributed by atoms with Gasteiger partial charge in [-0.05, 0) is 48.0 Å². The first-order valence-corrected chi connectivity index (χ1v) is 7.51. The Hall–Kier alpha value is -3.08. The van der Waals surface area contributed by atoms with Crippen molar-refractivity contribution in [3.05, 3.63) is 80.8 Å². The molecule has 0 aliphatic heterocycles. The van der Waals surface area contributed by atoms with Crippen LogP contribution in [0.25, 0.3) is 18.3 Å². The maximum atomic E-state index is 13.0. The topological polar surface area (TPSA) is 41.0 Å². The smallest absolute Gasteiger partial charge is 0.279 e. The van der Waals surface area contributed by atoms with Crippen LogP contribution >= 0.6 is 0 Å². The van der Waals surface area contributed by atoms with Crippen LogP contribution in [0.1, 0.15) is 5.56 Å². The number of halogens is 1. The summed E-state index contributed by atoms with van der Waals surface area (Å²) in [7, 11) is 3.95. The molecule has 0 bridgehead atoms. The molecule has 0 spiro atoms. The van der Waals surface area contributed by atoms with Gasteiger partial charge in [0.15, 0.2) is 0 Å². The largest absolute Gasteiger partial charge is 0.378 e. The summed E-state index contributed by atoms with van der Waals surface area (Å²) < 4.78 is 14.4. The van der Waals surface area contributed by atoms with E-state index in [-0.39, 0.29) is 11.4 Å². The SMILES string of the molecule is C=c1[nH]n(-c2ccc(F)cc2)c(=O)/c1=C/c1ccc(N(C)C)cc1. The molecule has 24 heavy (non-hydrogen) atoms. The molecule has 3 rings (SSSR count). The van der Waals surface area contributed by atoms with Gasteiger partial charge in [-0.15, -0.1) is 0 Å². The maximum absolute atomic E-state index is 13.0. The highest BCUT2D eigenvalue weighted by molar-refractivity contribution is 5.55. The predicted octanol–water partition coefficient (Wildman–Crippen LogP) is 1.61. The summed E-state index contributed by atoms with van der Waals surface area (Å²) in [6, 6.07) is 13.6. The number of benzene rings is 2. The summed E-state index contributed by atoms with van der Waals surface area (Å²) in [5.74, 6) is -0.346. The fourth-order valence-electron chi connectivity index (χ4n) is 2.45. The van der Waals surface area contributed by atoms with Gasteiger partial charge in [0, 0.05) is 19.8 Å². The van der Waals surface area contributed by atoms with Crippen molar-refractivity contribution in [3.8, 4) is 5.69 Å². The standard InChI is InChI=1S/C19H18FN3O/c1-13-18(12-14-4-8-16(9-5-14)22(2)3)19(24)23(21-13)17-10-6-15(20)7-11-17/h4-12,21H,1H2,2-3H3/b18-12+. The lowest BCUT2D eigenvalue weighted by molar-refractivity contribution is 0.627. The second-order valence-corrected chi connectivity index (χ2v) is 5.75. The number of anilines is 1. The van der Waals surface area contributed by atoms with Gasteiger partial charge < -0.3 is 4.90 Å². The van der Waals surface area contributed by atoms with E-state index in [4.69, 9.17) is 0 Å². The average molecular weight is 323 g/mol. The molecule has 0 unspecified atom stereocenters. The third kappa shape index (κ3) is 3.01. The Morgan fingerprint density at radius 3 is 2.29 bits per heavy atom. The minimum Gasteiger partial charge on any atom is -0.378 e. The number of nitrogens with zero attached hydrogens (tertiary/aromatic N) is 2. The van der Waals surface area contributed by atoms with Gasteiger partial charge in [0.2, 0.25) is 0 Å². The van der Waals surface area contributed by atoms with E-state index in [9.17, 15) is 9.18 Å². The van der Waals surface area contributed by atoms with Crippen molar-refractivity contribution in [2.75, 3.05) is 19.0 Å². The number of aromatic nitrogens is 2. The van der Waals surface area contributed by atoms with Crippen LogP contribution in [-0.4, -0.2) is 23.9 Å². The third-order valence-electron chi connectivity index (χ3n) is 3.81. The van der Waals surface area contributed by atoms with E-state index in [0.717, 1.165) is 11.3 Å². The molecule has 1 aromatic heterocycles. The molecule has 0 fully saturated rings. The van der Waals surface area contributed by atoms with Crippen molar-refractivity contribution in [3.63, 3.8) is 0 Å². The van der Waals surface area contributed by atoms with E-state index in [1.807, 2.05) is 43.3 Å². The molecule has 1 heterocycles. The Morgan fingerprint density at radius 2 is 1.71 bits per heavy atom. The van der Waals surface area contributed by atoms with Gasteiger partial charge >= 0.3 is 0 Å². The van der Waals surface area contributed by atoms with E-state index < -0.39 is 0 Å². The molecule has 122 valence electrons. The zero-order chi connectivity index (χ0) is 17.3. The van der Waals surface area contributed by atoms with Crippen LogP contribution in [0.5, 0.6) is 0 Å². The van der Waals surface area contributed by atoms with Gasteiger partial charge in [0.1, 0.15) is 5.82 Å². The first kappa shape index (κ1) is 15.8. The Kier molecular flexibility index (Phi) is 4.08. The van der Waals surface area contributed by atoms with Crippen LogP contribution in [0.4, 0.5) is 10.1 Å². The number of H-pyrrole nitrogens is 1. The van der Waals surface area contributed by atoms with E-state index in [1.54, 1.807) is 18.2 Å². The zero-order valence-corrected chi connectivity index (χ0v) is 13.6. The Morgan fingerprint density at radius 1 is 1.08 bits per heavy atom. The molecule has 0 aliphatic rings. The highest BCUT2D eigenvalue weighted by atomic mass is 19.1. The van der Waals surface area contributed by atoms with Crippen molar-refractivity contribution < 1.29 is 4.39 Å². The molecule has 0 aliphatic carbocycles. The zero-order valence-electron chi connectivity index (χ0n) is 13.6. The fourth-order valence-corrected chi connectivity index (χ4v) is 2.45. The van der Waals surface area contributed by atoms with E-state index in [1.165, 1.54) is 16.8 Å². The van der Waals surface area contributed by atoms with Crippen molar-refractivity contribution in [2.24, 2.45) is 0 Å². The molecular formula is C19H18FN3O. The molecule has 2 aromatic carbocycles. The third-order valence-corrected chi connectivity index (χ3v) is 3.81. The van der Waals surface area contributed by atoms with Gasteiger partial charge in [0.05, 0.1) is 16.3 Å². The minimum absolute atomic E-state index is 0.219. The van der Waals surface area contributed by atoms with Gasteiger partial charge in [-0.2, -0.15) is 0 Å². The molecule has 0 amide bonds. The van der Waals surface area contributed by atoms with Crippen LogP contribution in [0.3, 0.4) is 0 Å². The highest BCUT2D eigenvalue weighted by Crippen LogP contribution is 2.12. The summed E-state index contributed by atoms with van der Waals surface area (Å²) in [4.78, 5) is 14.6. The Labute approximate surface area is 138 Å². The summed E-state index contributed by atoms with van der Waals surface area (Å²) in [5, 5.41) is 3.93. The summed E-state index contributed by atoms with van der Waals surface area (Å²) >= 11 is 0. The number of nitrogens with one attached hydrogen (secondary N) is 1. The van der Waals surface area contributed by atoms with Gasteiger partial charge in [-0.3, -0.25) is 9.89 Å². The number of hydrogen-bond donors (Lipinski definition) is 1. The number of rotatable bonds is 3. The fraction of sp³-hybridized carbons (Fsp3) is 0.105. The molecule has 0 saturated heterocycles. The van der Waals surface area contributed by atoms with Crippen molar-refractivity contribution >= 4 is 18.3 Å². The highest BCUT2D eigenvalue weighted by Gasteiger charge is 2.05. The predicted molar refractivity (Wildman–Crippen MR) is 95.5 cm³/mol. The van der Waals surface area contributed by atoms with Crippen molar-refractivity contribution in [1.29, 1.82) is 0 Å². The molecule has 1 N–H and O–H groups in total. The Balaban J connectivity index is 2.07. The number of hydrogen-bond acceptors (Lipinski definition) is 2. The van der Waals surface area contributed by atoms with Crippen LogP contribution in [0.15, 0.2) is 53.3 Å². The first-order valence-electron chi connectivity index (χ1n) is 7.51. The lowest BCUT2D eigenvalue weighted by atomic mass is 10.1. The van der Waals surface area contributed by atoms with Crippen molar-refractivity contribution in [1.82, 2.24) is 9.78 Å². The lowest BCUT2D eigenvalue weighted by Gasteiger charge is -2.11. The lowest BCUT2D eigenvalue weighted by Crippen LogP contribution is -2.33. The summed E-state index contributed by atoms with van der Waals surface area (Å²) in [6.07, 6.45) is 1.79. The van der Waals surface area contributed by atoms with Crippen LogP contribution in [0.2, 0.25) is 0 Å². The van der Waals surface area contributed by atoms with E-state index in [0.29, 0.717) is 16.3 Å². The molecular weight excluding hydrogens is 305 g/mol. The van der Waals surface area contributed by atoms with Gasteiger partial charge in [-0.1, -0.05) is 18.7 Å². The van der Waals surface area contributed by atoms with Crippen LogP contribution in [-0.2, 0) is 0 Å².